The zero-order chi connectivity index (χ0) is 82.4. The predicted molar refractivity (Wildman–Crippen MR) is 461 cm³/mol. The first-order valence-corrected chi connectivity index (χ1v) is 42.1. The molecule has 18 nitrogen and oxygen atoms in total. The zero-order valence-electron chi connectivity index (χ0n) is 69.6. The summed E-state index contributed by atoms with van der Waals surface area (Å²) in [5.41, 5.74) is 4.74. The van der Waals surface area contributed by atoms with Gasteiger partial charge in [0.15, 0.2) is 0 Å². The van der Waals surface area contributed by atoms with Crippen LogP contribution in [0.4, 0.5) is 0 Å². The second kappa shape index (κ2) is 31.4. The first-order chi connectivity index (χ1) is 56.4. The van der Waals surface area contributed by atoms with E-state index in [1.165, 1.54) is 0 Å². The van der Waals surface area contributed by atoms with E-state index in [-0.39, 0.29) is 127 Å². The fraction of sp³-hybridized carbons (Fsp3) is 0.380. The molecule has 4 fully saturated rings. The van der Waals surface area contributed by atoms with E-state index < -0.39 is 47.5 Å². The van der Waals surface area contributed by atoms with Crippen molar-refractivity contribution in [2.45, 2.75) is 217 Å². The van der Waals surface area contributed by atoms with Crippen molar-refractivity contribution in [3.8, 4) is 46.0 Å². The molecule has 6 aliphatic rings. The number of carbonyl (C=O) groups excluding carboxylic acids is 6. The molecule has 2 saturated carbocycles. The molecule has 18 heteroatoms. The van der Waals surface area contributed by atoms with Gasteiger partial charge in [-0.15, -0.1) is 0 Å². The van der Waals surface area contributed by atoms with Crippen molar-refractivity contribution in [2.24, 2.45) is 0 Å². The van der Waals surface area contributed by atoms with Gasteiger partial charge in [0, 0.05) is 93.2 Å². The minimum atomic E-state index is -1.37. The number of rotatable bonds is 24. The highest BCUT2D eigenvalue weighted by Gasteiger charge is 2.48. The van der Waals surface area contributed by atoms with Crippen LogP contribution < -0.4 is 40.2 Å². The Morgan fingerprint density at radius 2 is 0.627 bits per heavy atom. The lowest BCUT2D eigenvalue weighted by Crippen LogP contribution is -2.57. The monoisotopic (exact) mass is 1580 g/mol. The Kier molecular flexibility index (Phi) is 21.1. The van der Waals surface area contributed by atoms with Crippen LogP contribution in [0.25, 0.3) is 43.1 Å². The van der Waals surface area contributed by atoms with Gasteiger partial charge in [0.05, 0.1) is 47.7 Å². The minimum absolute atomic E-state index is 0.0178. The van der Waals surface area contributed by atoms with E-state index in [1.54, 1.807) is 24.3 Å². The van der Waals surface area contributed by atoms with E-state index >= 15 is 28.8 Å². The van der Waals surface area contributed by atoms with E-state index in [9.17, 15) is 0 Å². The Bertz CT molecular complexity index is 5100. The fourth-order valence-corrected chi connectivity index (χ4v) is 17.9. The molecule has 11 aromatic carbocycles. The summed E-state index contributed by atoms with van der Waals surface area (Å²) in [5, 5.41) is 16.5. The number of nitrogens with zero attached hydrogens (tertiary/aromatic N) is 2. The number of amides is 6. The van der Waals surface area contributed by atoms with Crippen LogP contribution in [0.2, 0.25) is 0 Å². The number of epoxide rings is 2. The lowest BCUT2D eigenvalue weighted by Gasteiger charge is -2.37. The van der Waals surface area contributed by atoms with Crippen LogP contribution in [0.5, 0.6) is 46.0 Å². The molecule has 4 aliphatic heterocycles. The average molecular weight is 1580 g/mol. The van der Waals surface area contributed by atoms with Gasteiger partial charge in [0.1, 0.15) is 58.1 Å². The number of fused-ring (bicyclic) bond motifs is 2. The summed E-state index contributed by atoms with van der Waals surface area (Å²) in [5.74, 6) is -1.86. The maximum atomic E-state index is 17.0. The highest BCUT2D eigenvalue weighted by molar-refractivity contribution is 6.45. The highest BCUT2D eigenvalue weighted by atomic mass is 16.6. The third kappa shape index (κ3) is 16.2. The molecule has 0 radical (unpaired) electrons. The van der Waals surface area contributed by atoms with Gasteiger partial charge in [-0.05, 0) is 179 Å². The van der Waals surface area contributed by atoms with Gasteiger partial charge in [-0.2, -0.15) is 0 Å². The first kappa shape index (κ1) is 79.4. The van der Waals surface area contributed by atoms with Gasteiger partial charge in [-0.25, -0.2) is 0 Å². The highest BCUT2D eigenvalue weighted by Crippen LogP contribution is 2.59. The number of imide groups is 2. The minimum Gasteiger partial charge on any atom is -0.457 e. The molecule has 0 aromatic heterocycles. The van der Waals surface area contributed by atoms with Crippen molar-refractivity contribution in [3.63, 3.8) is 0 Å². The number of hydrogen-bond donors (Lipinski definition) is 4. The van der Waals surface area contributed by atoms with Crippen molar-refractivity contribution in [1.82, 2.24) is 31.1 Å². The summed E-state index contributed by atoms with van der Waals surface area (Å²) in [4.78, 5) is 102. The molecule has 17 rings (SSSR count). The van der Waals surface area contributed by atoms with Gasteiger partial charge in [-0.3, -0.25) is 38.6 Å². The molecular weight excluding hydrogens is 1480 g/mol. The largest absolute Gasteiger partial charge is 0.457 e. The Balaban J connectivity index is 0.954. The Hall–Kier alpha value is -11.0. The third-order valence-electron chi connectivity index (χ3n) is 24.6. The van der Waals surface area contributed by atoms with Gasteiger partial charge >= 0.3 is 0 Å². The van der Waals surface area contributed by atoms with Crippen molar-refractivity contribution < 1.29 is 57.2 Å². The molecule has 608 valence electrons. The van der Waals surface area contributed by atoms with E-state index in [0.29, 0.717) is 107 Å². The topological polar surface area (TPSA) is 219 Å². The molecule has 0 spiro atoms. The first-order valence-electron chi connectivity index (χ1n) is 42.1. The standard InChI is InChI=1S/C100H106N6O12/c1-97(2,3)59-29-37-67(38-30-59)115-79-49-73-83-74(94(110)105(93(73)109)77(45-57-21-15-13-16-22-57)91(107)103-65-27-19-25-63(47-65)101-53-71-55-113-71)51-81(117-69-41-33-61(34-42-69)99(7,8)9)87-88-82(118-70-43-35-62(36-44-70)100(10,11)12)52-76-84-75(50-80(86(90(84)88)85(79)89(83)87)116-68-39-31-60(32-40-68)98(4,5)6)95(111)106(96(76)112)78(46-58-23-17-14-18-24-58)92(108)104-66-28-20-26-64(48-66)102-54-72-56-114-72/h13-18,21-24,29-44,49-52,63-66,71-72,77-78,101-102H,19-20,25-28,45-48,53-56H2,1-12H3,(H,103,107)(H,104,108). The molecule has 4 N–H and O–H groups in total. The summed E-state index contributed by atoms with van der Waals surface area (Å²) in [6.07, 6.45) is 6.55. The van der Waals surface area contributed by atoms with Crippen LogP contribution in [-0.4, -0.2) is 120 Å². The molecule has 4 heterocycles. The second-order valence-electron chi connectivity index (χ2n) is 37.4. The quantitative estimate of drug-likeness (QED) is 0.0191. The second-order valence-corrected chi connectivity index (χ2v) is 37.4. The van der Waals surface area contributed by atoms with Crippen LogP contribution in [-0.2, 0) is 53.6 Å². The van der Waals surface area contributed by atoms with Crippen LogP contribution in [0.3, 0.4) is 0 Å². The average Bonchev–Trinajstić information content (AvgIpc) is 0.845. The molecule has 11 aromatic rings. The maximum Gasteiger partial charge on any atom is 0.262 e. The number of benzene rings is 11. The number of carbonyl (C=O) groups is 6. The van der Waals surface area contributed by atoms with Gasteiger partial charge < -0.3 is 49.7 Å². The SMILES string of the molecule is CC(C)(C)c1ccc(Oc2cc3c4c(cc(Oc5ccc(C(C)(C)C)cc5)c5c6c(Oc7ccc(C(C)(C)C)cc7)cc7c8c(cc(Oc9ccc(C(C)(C)C)cc9)c(c2c45)c86)C(=O)N(C(Cc2ccccc2)C(=O)NC2CCCC(NCC4CO4)C2)C7=O)C(=O)N(C(Cc2ccccc2)C(=O)NC2CCCC(NCC4CO4)C2)C3=O)cc1. The Morgan fingerprint density at radius 1 is 0.364 bits per heavy atom. The number of nitrogens with one attached hydrogen (secondary N) is 4. The van der Waals surface area contributed by atoms with Gasteiger partial charge in [-0.1, -0.05) is 192 Å². The molecular formula is C100H106N6O12. The zero-order valence-corrected chi connectivity index (χ0v) is 69.6. The Labute approximate surface area is 690 Å². The molecule has 118 heavy (non-hydrogen) atoms. The molecule has 8 unspecified atom stereocenters. The molecule has 8 atom stereocenters. The lowest BCUT2D eigenvalue weighted by atomic mass is 9.80. The smallest absolute Gasteiger partial charge is 0.262 e. The van der Waals surface area contributed by atoms with E-state index in [2.05, 4.69) is 104 Å². The van der Waals surface area contributed by atoms with Gasteiger partial charge in [0.2, 0.25) is 11.8 Å². The van der Waals surface area contributed by atoms with Crippen molar-refractivity contribution >= 4 is 78.5 Å². The van der Waals surface area contributed by atoms with Crippen LogP contribution in [0.15, 0.2) is 182 Å². The van der Waals surface area contributed by atoms with E-state index in [0.717, 1.165) is 68.9 Å². The lowest BCUT2D eigenvalue weighted by molar-refractivity contribution is -0.126. The normalized spacial score (nSPS) is 20.0. The van der Waals surface area contributed by atoms with Crippen molar-refractivity contribution in [1.29, 1.82) is 0 Å². The summed E-state index contributed by atoms with van der Waals surface area (Å²) in [6.45, 7) is 28.5. The van der Waals surface area contributed by atoms with Crippen LogP contribution >= 0.6 is 0 Å². The fourth-order valence-electron chi connectivity index (χ4n) is 17.9. The van der Waals surface area contributed by atoms with Crippen LogP contribution in [0.1, 0.15) is 209 Å². The van der Waals surface area contributed by atoms with E-state index in [4.69, 9.17) is 28.4 Å². The molecule has 2 aliphatic carbocycles. The summed E-state index contributed by atoms with van der Waals surface area (Å²) >= 11 is 0. The van der Waals surface area contributed by atoms with E-state index in [1.807, 2.05) is 158 Å². The summed E-state index contributed by atoms with van der Waals surface area (Å²) in [7, 11) is 0. The predicted octanol–water partition coefficient (Wildman–Crippen LogP) is 19.3. The van der Waals surface area contributed by atoms with Gasteiger partial charge in [0.25, 0.3) is 23.6 Å². The number of hydrogen-bond acceptors (Lipinski definition) is 14. The summed E-state index contributed by atoms with van der Waals surface area (Å²) < 4.78 is 41.1. The van der Waals surface area contributed by atoms with Crippen LogP contribution in [0, 0.1) is 0 Å². The Morgan fingerprint density at radius 3 is 0.881 bits per heavy atom. The molecule has 0 bridgehead atoms. The maximum absolute atomic E-state index is 17.0. The molecule has 2 saturated heterocycles. The molecule has 6 amide bonds. The number of ether oxygens (including phenoxy) is 6. The third-order valence-corrected chi connectivity index (χ3v) is 24.6. The summed E-state index contributed by atoms with van der Waals surface area (Å²) in [6, 6.07) is 53.7. The van der Waals surface area contributed by atoms with Crippen molar-refractivity contribution in [3.05, 3.63) is 238 Å². The van der Waals surface area contributed by atoms with Crippen molar-refractivity contribution in [2.75, 3.05) is 26.3 Å².